The second-order valence-electron chi connectivity index (χ2n) is 5.72. The van der Waals surface area contributed by atoms with Crippen molar-refractivity contribution in [2.75, 3.05) is 26.2 Å². The highest BCUT2D eigenvalue weighted by Crippen LogP contribution is 2.27. The molecule has 2 aliphatic rings. The molecular formula is C15H20F2N2O. The van der Waals surface area contributed by atoms with Gasteiger partial charge >= 0.3 is 6.61 Å². The summed E-state index contributed by atoms with van der Waals surface area (Å²) < 4.78 is 28.5. The molecule has 0 radical (unpaired) electrons. The summed E-state index contributed by atoms with van der Waals surface area (Å²) in [6, 6.07) is 6.98. The molecule has 20 heavy (non-hydrogen) atoms. The van der Waals surface area contributed by atoms with Gasteiger partial charge in [0.05, 0.1) is 0 Å². The maximum absolute atomic E-state index is 12.1. The molecule has 2 heterocycles. The SMILES string of the molecule is FC(F)Oc1ccc(CN2CCC3CNCC3C2)cc1. The molecule has 0 bridgehead atoms. The van der Waals surface area contributed by atoms with E-state index in [9.17, 15) is 8.78 Å². The summed E-state index contributed by atoms with van der Waals surface area (Å²) >= 11 is 0. The van der Waals surface area contributed by atoms with Crippen LogP contribution in [-0.2, 0) is 6.54 Å². The van der Waals surface area contributed by atoms with Crippen molar-refractivity contribution in [3.05, 3.63) is 29.8 Å². The normalized spacial score (nSPS) is 26.8. The number of halogens is 2. The fraction of sp³-hybridized carbons (Fsp3) is 0.600. The highest BCUT2D eigenvalue weighted by molar-refractivity contribution is 5.27. The molecule has 1 aromatic rings. The lowest BCUT2D eigenvalue weighted by Crippen LogP contribution is -2.39. The van der Waals surface area contributed by atoms with Crippen molar-refractivity contribution in [3.8, 4) is 5.75 Å². The van der Waals surface area contributed by atoms with Gasteiger partial charge in [-0.1, -0.05) is 12.1 Å². The zero-order valence-electron chi connectivity index (χ0n) is 11.4. The number of piperidine rings is 1. The first-order valence-corrected chi connectivity index (χ1v) is 7.17. The van der Waals surface area contributed by atoms with E-state index in [1.807, 2.05) is 12.1 Å². The third-order valence-electron chi connectivity index (χ3n) is 4.34. The molecule has 1 aromatic carbocycles. The van der Waals surface area contributed by atoms with Crippen LogP contribution in [-0.4, -0.2) is 37.7 Å². The first-order chi connectivity index (χ1) is 9.70. The van der Waals surface area contributed by atoms with Crippen molar-refractivity contribution in [1.82, 2.24) is 10.2 Å². The standard InChI is InChI=1S/C15H20F2N2O/c16-15(17)20-14-3-1-11(2-4-14)9-19-6-5-12-7-18-8-13(12)10-19/h1-4,12-13,15,18H,5-10H2. The molecular weight excluding hydrogens is 262 g/mol. The number of hydrogen-bond acceptors (Lipinski definition) is 3. The number of fused-ring (bicyclic) bond motifs is 1. The first kappa shape index (κ1) is 13.8. The summed E-state index contributed by atoms with van der Waals surface area (Å²) in [6.07, 6.45) is 1.25. The van der Waals surface area contributed by atoms with E-state index in [0.29, 0.717) is 0 Å². The van der Waals surface area contributed by atoms with Gasteiger partial charge in [0.25, 0.3) is 0 Å². The van der Waals surface area contributed by atoms with Crippen LogP contribution in [0.5, 0.6) is 5.75 Å². The molecule has 2 aliphatic heterocycles. The minimum Gasteiger partial charge on any atom is -0.435 e. The minimum atomic E-state index is -2.75. The van der Waals surface area contributed by atoms with Crippen molar-refractivity contribution in [2.45, 2.75) is 19.6 Å². The van der Waals surface area contributed by atoms with Crippen molar-refractivity contribution in [2.24, 2.45) is 11.8 Å². The van der Waals surface area contributed by atoms with Crippen LogP contribution in [0.4, 0.5) is 8.78 Å². The summed E-state index contributed by atoms with van der Waals surface area (Å²) in [5, 5.41) is 3.46. The van der Waals surface area contributed by atoms with Crippen LogP contribution in [0.2, 0.25) is 0 Å². The third kappa shape index (κ3) is 3.27. The predicted molar refractivity (Wildman–Crippen MR) is 72.8 cm³/mol. The minimum absolute atomic E-state index is 0.224. The quantitative estimate of drug-likeness (QED) is 0.917. The Balaban J connectivity index is 1.55. The molecule has 0 saturated carbocycles. The molecule has 3 rings (SSSR count). The largest absolute Gasteiger partial charge is 0.435 e. The van der Waals surface area contributed by atoms with Crippen LogP contribution in [0.15, 0.2) is 24.3 Å². The molecule has 0 aliphatic carbocycles. The maximum Gasteiger partial charge on any atom is 0.387 e. The van der Waals surface area contributed by atoms with Gasteiger partial charge in [-0.2, -0.15) is 8.78 Å². The monoisotopic (exact) mass is 282 g/mol. The Morgan fingerprint density at radius 3 is 2.70 bits per heavy atom. The number of hydrogen-bond donors (Lipinski definition) is 1. The summed E-state index contributed by atoms with van der Waals surface area (Å²) in [5.74, 6) is 1.83. The van der Waals surface area contributed by atoms with Gasteiger partial charge in [0.15, 0.2) is 0 Å². The van der Waals surface area contributed by atoms with Gasteiger partial charge in [0.1, 0.15) is 5.75 Å². The van der Waals surface area contributed by atoms with Crippen LogP contribution in [0, 0.1) is 11.8 Å². The zero-order chi connectivity index (χ0) is 13.9. The number of alkyl halides is 2. The van der Waals surface area contributed by atoms with Crippen LogP contribution < -0.4 is 10.1 Å². The molecule has 5 heteroatoms. The molecule has 1 N–H and O–H groups in total. The molecule has 2 fully saturated rings. The van der Waals surface area contributed by atoms with Gasteiger partial charge in [0, 0.05) is 13.1 Å². The Morgan fingerprint density at radius 1 is 1.20 bits per heavy atom. The summed E-state index contributed by atoms with van der Waals surface area (Å²) in [6.45, 7) is 2.68. The lowest BCUT2D eigenvalue weighted by Gasteiger charge is -2.34. The fourth-order valence-corrected chi connectivity index (χ4v) is 3.29. The molecule has 3 nitrogen and oxygen atoms in total. The molecule has 2 unspecified atom stereocenters. The fourth-order valence-electron chi connectivity index (χ4n) is 3.29. The Bertz CT molecular complexity index is 438. The van der Waals surface area contributed by atoms with Gasteiger partial charge in [-0.25, -0.2) is 0 Å². The van der Waals surface area contributed by atoms with Gasteiger partial charge in [0.2, 0.25) is 0 Å². The first-order valence-electron chi connectivity index (χ1n) is 7.17. The number of nitrogens with zero attached hydrogens (tertiary/aromatic N) is 1. The van der Waals surface area contributed by atoms with Crippen LogP contribution >= 0.6 is 0 Å². The lowest BCUT2D eigenvalue weighted by molar-refractivity contribution is -0.0498. The molecule has 110 valence electrons. The van der Waals surface area contributed by atoms with E-state index in [0.717, 1.165) is 50.1 Å². The van der Waals surface area contributed by atoms with Crippen molar-refractivity contribution < 1.29 is 13.5 Å². The zero-order valence-corrected chi connectivity index (χ0v) is 11.4. The smallest absolute Gasteiger partial charge is 0.387 e. The van der Waals surface area contributed by atoms with E-state index in [1.54, 1.807) is 12.1 Å². The molecule has 2 saturated heterocycles. The van der Waals surface area contributed by atoms with E-state index in [1.165, 1.54) is 6.42 Å². The number of nitrogens with one attached hydrogen (secondary N) is 1. The summed E-state index contributed by atoms with van der Waals surface area (Å²) in [5.41, 5.74) is 1.15. The molecule has 0 amide bonds. The molecule has 0 spiro atoms. The second kappa shape index (κ2) is 6.06. The molecule has 0 aromatic heterocycles. The Hall–Kier alpha value is -1.20. The average molecular weight is 282 g/mol. The Kier molecular flexibility index (Phi) is 4.17. The number of ether oxygens (including phenoxy) is 1. The van der Waals surface area contributed by atoms with Crippen molar-refractivity contribution in [3.63, 3.8) is 0 Å². The van der Waals surface area contributed by atoms with Crippen LogP contribution in [0.1, 0.15) is 12.0 Å². The summed E-state index contributed by atoms with van der Waals surface area (Å²) in [7, 11) is 0. The van der Waals surface area contributed by atoms with Crippen LogP contribution in [0.25, 0.3) is 0 Å². The highest BCUT2D eigenvalue weighted by Gasteiger charge is 2.32. The van der Waals surface area contributed by atoms with Crippen molar-refractivity contribution >= 4 is 0 Å². The van der Waals surface area contributed by atoms with E-state index < -0.39 is 6.61 Å². The lowest BCUT2D eigenvalue weighted by atomic mass is 9.88. The average Bonchev–Trinajstić information content (AvgIpc) is 2.88. The van der Waals surface area contributed by atoms with Gasteiger partial charge in [-0.3, -0.25) is 4.90 Å². The van der Waals surface area contributed by atoms with E-state index >= 15 is 0 Å². The summed E-state index contributed by atoms with van der Waals surface area (Å²) in [4.78, 5) is 2.46. The van der Waals surface area contributed by atoms with Crippen LogP contribution in [0.3, 0.4) is 0 Å². The Labute approximate surface area is 117 Å². The highest BCUT2D eigenvalue weighted by atomic mass is 19.3. The number of benzene rings is 1. The van der Waals surface area contributed by atoms with Gasteiger partial charge < -0.3 is 10.1 Å². The second-order valence-corrected chi connectivity index (χ2v) is 5.72. The van der Waals surface area contributed by atoms with Gasteiger partial charge in [-0.15, -0.1) is 0 Å². The molecule has 2 atom stereocenters. The Morgan fingerprint density at radius 2 is 1.95 bits per heavy atom. The van der Waals surface area contributed by atoms with E-state index in [2.05, 4.69) is 15.0 Å². The predicted octanol–water partition coefficient (Wildman–Crippen LogP) is 2.33. The van der Waals surface area contributed by atoms with Crippen molar-refractivity contribution in [1.29, 1.82) is 0 Å². The van der Waals surface area contributed by atoms with Gasteiger partial charge in [-0.05, 0) is 55.6 Å². The van der Waals surface area contributed by atoms with E-state index in [-0.39, 0.29) is 5.75 Å². The topological polar surface area (TPSA) is 24.5 Å². The third-order valence-corrected chi connectivity index (χ3v) is 4.34. The van der Waals surface area contributed by atoms with E-state index in [4.69, 9.17) is 0 Å². The maximum atomic E-state index is 12.1. The number of rotatable bonds is 4. The number of likely N-dealkylation sites (tertiary alicyclic amines) is 1.